The molecule has 0 aromatic heterocycles. The summed E-state index contributed by atoms with van der Waals surface area (Å²) in [5.41, 5.74) is 9.11. The first-order valence-electron chi connectivity index (χ1n) is 11.1. The second-order valence-electron chi connectivity index (χ2n) is 8.60. The van der Waals surface area contributed by atoms with E-state index in [1.54, 1.807) is 0 Å². The molecule has 0 aliphatic heterocycles. The molecule has 0 spiro atoms. The first-order chi connectivity index (χ1) is 15.5. The molecule has 0 amide bonds. The van der Waals surface area contributed by atoms with E-state index >= 15 is 0 Å². The highest BCUT2D eigenvalue weighted by molar-refractivity contribution is 5.35. The number of benzene rings is 4. The molecule has 0 unspecified atom stereocenters. The minimum atomic E-state index is -0.324. The molecule has 4 rings (SSSR count). The second-order valence-corrected chi connectivity index (χ2v) is 8.60. The molecule has 4 aromatic carbocycles. The van der Waals surface area contributed by atoms with Gasteiger partial charge in [-0.15, -0.1) is 0 Å². The molecular formula is C30H30O2. The third-order valence-corrected chi connectivity index (χ3v) is 5.77. The average Bonchev–Trinajstić information content (AvgIpc) is 2.80. The van der Waals surface area contributed by atoms with Gasteiger partial charge in [0.05, 0.1) is 0 Å². The summed E-state index contributed by atoms with van der Waals surface area (Å²) in [5, 5.41) is 0. The van der Waals surface area contributed by atoms with Gasteiger partial charge in [-0.25, -0.2) is 9.78 Å². The average molecular weight is 423 g/mol. The Labute approximate surface area is 191 Å². The molecule has 0 saturated heterocycles. The summed E-state index contributed by atoms with van der Waals surface area (Å²) < 4.78 is 0. The molecule has 4 aromatic rings. The molecule has 0 saturated carbocycles. The van der Waals surface area contributed by atoms with Gasteiger partial charge in [0.25, 0.3) is 0 Å². The smallest absolute Gasteiger partial charge is 0.143 e. The van der Waals surface area contributed by atoms with E-state index in [0.717, 1.165) is 22.3 Å². The lowest BCUT2D eigenvalue weighted by Gasteiger charge is -2.23. The van der Waals surface area contributed by atoms with Crippen LogP contribution in [0.3, 0.4) is 0 Å². The summed E-state index contributed by atoms with van der Waals surface area (Å²) in [6.45, 7) is 8.36. The molecule has 0 atom stereocenters. The van der Waals surface area contributed by atoms with Gasteiger partial charge in [0, 0.05) is 0 Å². The van der Waals surface area contributed by atoms with Gasteiger partial charge in [0.1, 0.15) is 12.2 Å². The topological polar surface area (TPSA) is 18.5 Å². The van der Waals surface area contributed by atoms with Gasteiger partial charge in [0.15, 0.2) is 0 Å². The minimum absolute atomic E-state index is 0.324. The molecule has 2 heteroatoms. The number of aryl methyl sites for hydroxylation is 4. The maximum atomic E-state index is 6.23. The summed E-state index contributed by atoms with van der Waals surface area (Å²) in [4.78, 5) is 12.5. The van der Waals surface area contributed by atoms with Crippen molar-refractivity contribution < 1.29 is 9.78 Å². The van der Waals surface area contributed by atoms with E-state index in [0.29, 0.717) is 0 Å². The minimum Gasteiger partial charge on any atom is -0.223 e. The van der Waals surface area contributed by atoms with Gasteiger partial charge in [-0.2, -0.15) is 0 Å². The summed E-state index contributed by atoms with van der Waals surface area (Å²) in [7, 11) is 0. The zero-order valence-corrected chi connectivity index (χ0v) is 19.2. The lowest BCUT2D eigenvalue weighted by molar-refractivity contribution is -0.340. The van der Waals surface area contributed by atoms with Crippen LogP contribution in [0.5, 0.6) is 0 Å². The van der Waals surface area contributed by atoms with Crippen molar-refractivity contribution >= 4 is 0 Å². The zero-order valence-electron chi connectivity index (χ0n) is 19.2. The molecule has 0 bridgehead atoms. The SMILES string of the molecule is Cc1ccc(C(OOC(c2ccc(C)cc2)c2ccc(C)cc2)c2ccc(C)cc2)cc1. The highest BCUT2D eigenvalue weighted by Crippen LogP contribution is 2.33. The van der Waals surface area contributed by atoms with Crippen molar-refractivity contribution in [1.29, 1.82) is 0 Å². The van der Waals surface area contributed by atoms with E-state index in [-0.39, 0.29) is 12.2 Å². The molecule has 0 heterocycles. The summed E-state index contributed by atoms with van der Waals surface area (Å²) in [6.07, 6.45) is -0.649. The van der Waals surface area contributed by atoms with Crippen molar-refractivity contribution in [2.75, 3.05) is 0 Å². The van der Waals surface area contributed by atoms with Gasteiger partial charge < -0.3 is 0 Å². The first kappa shape index (κ1) is 22.0. The van der Waals surface area contributed by atoms with Crippen molar-refractivity contribution in [3.05, 3.63) is 142 Å². The Morgan fingerprint density at radius 1 is 0.344 bits per heavy atom. The fourth-order valence-electron chi connectivity index (χ4n) is 3.68. The Hall–Kier alpha value is -3.20. The van der Waals surface area contributed by atoms with Crippen molar-refractivity contribution in [3.63, 3.8) is 0 Å². The molecule has 0 aliphatic rings. The van der Waals surface area contributed by atoms with Crippen LogP contribution in [0.15, 0.2) is 97.1 Å². The summed E-state index contributed by atoms with van der Waals surface area (Å²) in [6, 6.07) is 33.7. The predicted octanol–water partition coefficient (Wildman–Crippen LogP) is 7.75. The largest absolute Gasteiger partial charge is 0.223 e. The lowest BCUT2D eigenvalue weighted by atomic mass is 9.99. The maximum Gasteiger partial charge on any atom is 0.143 e. The van der Waals surface area contributed by atoms with Crippen LogP contribution in [0, 0.1) is 27.7 Å². The van der Waals surface area contributed by atoms with Crippen LogP contribution in [0.4, 0.5) is 0 Å². The Morgan fingerprint density at radius 3 is 0.719 bits per heavy atom. The standard InChI is InChI=1S/C30H30O2/c1-21-5-13-25(14-6-21)29(26-15-7-22(2)8-16-26)31-32-30(27-17-9-23(3)10-18-27)28-19-11-24(4)12-20-28/h5-20,29-30H,1-4H3. The van der Waals surface area contributed by atoms with Crippen LogP contribution in [0.25, 0.3) is 0 Å². The first-order valence-corrected chi connectivity index (χ1v) is 11.1. The fourth-order valence-corrected chi connectivity index (χ4v) is 3.68. The molecule has 0 radical (unpaired) electrons. The van der Waals surface area contributed by atoms with Gasteiger partial charge in [0.2, 0.25) is 0 Å². The van der Waals surface area contributed by atoms with Crippen LogP contribution < -0.4 is 0 Å². The van der Waals surface area contributed by atoms with Crippen LogP contribution in [-0.2, 0) is 9.78 Å². The van der Waals surface area contributed by atoms with Crippen LogP contribution in [0.1, 0.15) is 56.7 Å². The number of hydrogen-bond acceptors (Lipinski definition) is 2. The van der Waals surface area contributed by atoms with Gasteiger partial charge >= 0.3 is 0 Å². The van der Waals surface area contributed by atoms with Gasteiger partial charge in [-0.05, 0) is 49.9 Å². The molecular weight excluding hydrogens is 392 g/mol. The number of hydrogen-bond donors (Lipinski definition) is 0. The van der Waals surface area contributed by atoms with Crippen molar-refractivity contribution in [2.24, 2.45) is 0 Å². The normalized spacial score (nSPS) is 11.3. The Morgan fingerprint density at radius 2 is 0.531 bits per heavy atom. The molecule has 0 N–H and O–H groups in total. The Bertz CT molecular complexity index is 940. The van der Waals surface area contributed by atoms with Crippen LogP contribution >= 0.6 is 0 Å². The molecule has 2 nitrogen and oxygen atoms in total. The highest BCUT2D eigenvalue weighted by Gasteiger charge is 2.22. The third kappa shape index (κ3) is 5.34. The van der Waals surface area contributed by atoms with E-state index in [4.69, 9.17) is 9.78 Å². The Kier molecular flexibility index (Phi) is 6.84. The van der Waals surface area contributed by atoms with Crippen molar-refractivity contribution in [1.82, 2.24) is 0 Å². The van der Waals surface area contributed by atoms with Crippen molar-refractivity contribution in [3.8, 4) is 0 Å². The second kappa shape index (κ2) is 9.95. The predicted molar refractivity (Wildman–Crippen MR) is 131 cm³/mol. The zero-order chi connectivity index (χ0) is 22.5. The van der Waals surface area contributed by atoms with E-state index in [1.807, 2.05) is 0 Å². The maximum absolute atomic E-state index is 6.23. The summed E-state index contributed by atoms with van der Waals surface area (Å²) >= 11 is 0. The molecule has 0 aliphatic carbocycles. The van der Waals surface area contributed by atoms with Crippen LogP contribution in [0.2, 0.25) is 0 Å². The van der Waals surface area contributed by atoms with Crippen LogP contribution in [-0.4, -0.2) is 0 Å². The third-order valence-electron chi connectivity index (χ3n) is 5.77. The summed E-state index contributed by atoms with van der Waals surface area (Å²) in [5.74, 6) is 0. The Balaban J connectivity index is 1.67. The highest BCUT2D eigenvalue weighted by atomic mass is 17.2. The van der Waals surface area contributed by atoms with Gasteiger partial charge in [-0.1, -0.05) is 119 Å². The van der Waals surface area contributed by atoms with E-state index in [1.165, 1.54) is 22.3 Å². The lowest BCUT2D eigenvalue weighted by Crippen LogP contribution is -2.12. The van der Waals surface area contributed by atoms with E-state index < -0.39 is 0 Å². The van der Waals surface area contributed by atoms with E-state index in [2.05, 4.69) is 125 Å². The monoisotopic (exact) mass is 422 g/mol. The van der Waals surface area contributed by atoms with Crippen molar-refractivity contribution in [2.45, 2.75) is 39.9 Å². The van der Waals surface area contributed by atoms with Gasteiger partial charge in [-0.3, -0.25) is 0 Å². The fraction of sp³-hybridized carbons (Fsp3) is 0.200. The number of rotatable bonds is 7. The van der Waals surface area contributed by atoms with E-state index in [9.17, 15) is 0 Å². The molecule has 32 heavy (non-hydrogen) atoms. The molecule has 162 valence electrons. The molecule has 0 fully saturated rings. The quantitative estimate of drug-likeness (QED) is 0.224.